The number of thiol groups is 1. The molecule has 1 fully saturated rings. The predicted octanol–water partition coefficient (Wildman–Crippen LogP) is 2.79. The van der Waals surface area contributed by atoms with Gasteiger partial charge >= 0.3 is 0 Å². The van der Waals surface area contributed by atoms with E-state index in [1.54, 1.807) is 28.6 Å². The fraction of sp³-hybridized carbons (Fsp3) is 0.500. The largest absolute Gasteiger partial charge is 0.243 e. The van der Waals surface area contributed by atoms with Crippen LogP contribution in [-0.4, -0.2) is 25.8 Å². The van der Waals surface area contributed by atoms with E-state index in [1.807, 2.05) is 13.8 Å². The van der Waals surface area contributed by atoms with Crippen molar-refractivity contribution in [3.8, 4) is 0 Å². The van der Waals surface area contributed by atoms with Crippen LogP contribution >= 0.6 is 12.6 Å². The van der Waals surface area contributed by atoms with Crippen LogP contribution in [0.1, 0.15) is 26.7 Å². The maximum Gasteiger partial charge on any atom is 0.243 e. The molecule has 96 valence electrons. The van der Waals surface area contributed by atoms with Gasteiger partial charge in [-0.05, 0) is 37.1 Å². The van der Waals surface area contributed by atoms with E-state index in [9.17, 15) is 8.42 Å². The van der Waals surface area contributed by atoms with Crippen molar-refractivity contribution in [1.29, 1.82) is 0 Å². The zero-order chi connectivity index (χ0) is 12.9. The molecule has 1 aromatic carbocycles. The fourth-order valence-electron chi connectivity index (χ4n) is 1.70. The second-order valence-corrected chi connectivity index (χ2v) is 6.06. The standard InChI is InChI=1S/C10H13NO2S2.C2H6/c12-15(13,11-7-1-2-8-11)10-5-3-9(14)4-6-10;1-2/h3-6,14H,1-2,7-8H2;1-2H3. The average Bonchev–Trinajstić information content (AvgIpc) is 2.86. The van der Waals surface area contributed by atoms with Gasteiger partial charge in [0.25, 0.3) is 0 Å². The molecule has 0 atom stereocenters. The van der Waals surface area contributed by atoms with Gasteiger partial charge in [0.05, 0.1) is 4.90 Å². The SMILES string of the molecule is CC.O=S(=O)(c1ccc(S)cc1)N1CCCC1. The lowest BCUT2D eigenvalue weighted by Gasteiger charge is -2.15. The molecular formula is C12H19NO2S2. The van der Waals surface area contributed by atoms with Crippen LogP contribution in [0.5, 0.6) is 0 Å². The summed E-state index contributed by atoms with van der Waals surface area (Å²) < 4.78 is 25.6. The highest BCUT2D eigenvalue weighted by Crippen LogP contribution is 2.21. The van der Waals surface area contributed by atoms with Crippen molar-refractivity contribution in [3.63, 3.8) is 0 Å². The van der Waals surface area contributed by atoms with Crippen LogP contribution in [0, 0.1) is 0 Å². The van der Waals surface area contributed by atoms with Gasteiger partial charge in [-0.3, -0.25) is 0 Å². The van der Waals surface area contributed by atoms with E-state index in [2.05, 4.69) is 12.6 Å². The molecule has 0 aliphatic carbocycles. The molecule has 1 aromatic rings. The molecule has 5 heteroatoms. The highest BCUT2D eigenvalue weighted by Gasteiger charge is 2.26. The molecule has 0 N–H and O–H groups in total. The Bertz CT molecular complexity index is 434. The van der Waals surface area contributed by atoms with E-state index >= 15 is 0 Å². The molecular weight excluding hydrogens is 254 g/mol. The van der Waals surface area contributed by atoms with Gasteiger partial charge < -0.3 is 0 Å². The molecule has 0 bridgehead atoms. The van der Waals surface area contributed by atoms with Gasteiger partial charge in [0.1, 0.15) is 0 Å². The third-order valence-electron chi connectivity index (χ3n) is 2.54. The van der Waals surface area contributed by atoms with Crippen LogP contribution in [0.2, 0.25) is 0 Å². The third-order valence-corrected chi connectivity index (χ3v) is 4.75. The van der Waals surface area contributed by atoms with Gasteiger partial charge in [0, 0.05) is 18.0 Å². The Balaban J connectivity index is 0.000000686. The van der Waals surface area contributed by atoms with Gasteiger partial charge in [-0.15, -0.1) is 12.6 Å². The van der Waals surface area contributed by atoms with Crippen molar-refractivity contribution in [2.75, 3.05) is 13.1 Å². The van der Waals surface area contributed by atoms with Crippen LogP contribution in [0.4, 0.5) is 0 Å². The van der Waals surface area contributed by atoms with E-state index in [-0.39, 0.29) is 0 Å². The van der Waals surface area contributed by atoms with Gasteiger partial charge in [-0.25, -0.2) is 8.42 Å². The zero-order valence-corrected chi connectivity index (χ0v) is 12.0. The summed E-state index contributed by atoms with van der Waals surface area (Å²) in [6.07, 6.45) is 1.92. The van der Waals surface area contributed by atoms with Gasteiger partial charge in [-0.1, -0.05) is 13.8 Å². The predicted molar refractivity (Wildman–Crippen MR) is 73.0 cm³/mol. The minimum atomic E-state index is -3.26. The molecule has 0 saturated carbocycles. The topological polar surface area (TPSA) is 37.4 Å². The summed E-state index contributed by atoms with van der Waals surface area (Å²) in [6.45, 7) is 5.29. The number of benzene rings is 1. The molecule has 1 aliphatic heterocycles. The third kappa shape index (κ3) is 3.47. The minimum absolute atomic E-state index is 0.363. The fourth-order valence-corrected chi connectivity index (χ4v) is 3.36. The first-order valence-electron chi connectivity index (χ1n) is 5.90. The maximum absolute atomic E-state index is 12.0. The van der Waals surface area contributed by atoms with Crippen LogP contribution in [0.3, 0.4) is 0 Å². The monoisotopic (exact) mass is 273 g/mol. The molecule has 3 nitrogen and oxygen atoms in total. The Morgan fingerprint density at radius 2 is 1.53 bits per heavy atom. The molecule has 0 aromatic heterocycles. The highest BCUT2D eigenvalue weighted by molar-refractivity contribution is 7.89. The summed E-state index contributed by atoms with van der Waals surface area (Å²) in [5.74, 6) is 0. The molecule has 0 spiro atoms. The second kappa shape index (κ2) is 6.42. The van der Waals surface area contributed by atoms with Crippen molar-refractivity contribution in [2.45, 2.75) is 36.5 Å². The van der Waals surface area contributed by atoms with E-state index in [4.69, 9.17) is 0 Å². The van der Waals surface area contributed by atoms with Crippen molar-refractivity contribution in [1.82, 2.24) is 4.31 Å². The number of rotatable bonds is 2. The van der Waals surface area contributed by atoms with Crippen LogP contribution in [0.25, 0.3) is 0 Å². The number of sulfonamides is 1. The molecule has 1 aliphatic rings. The van der Waals surface area contributed by atoms with Crippen LogP contribution < -0.4 is 0 Å². The summed E-state index contributed by atoms with van der Waals surface area (Å²) in [5, 5.41) is 0. The van der Waals surface area contributed by atoms with E-state index in [0.29, 0.717) is 18.0 Å². The summed E-state index contributed by atoms with van der Waals surface area (Å²) >= 11 is 4.13. The Morgan fingerprint density at radius 1 is 1.06 bits per heavy atom. The van der Waals surface area contributed by atoms with Gasteiger partial charge in [0.2, 0.25) is 10.0 Å². The maximum atomic E-state index is 12.0. The Hall–Kier alpha value is -0.520. The minimum Gasteiger partial charge on any atom is -0.207 e. The zero-order valence-electron chi connectivity index (χ0n) is 10.3. The van der Waals surface area contributed by atoms with Crippen LogP contribution in [0.15, 0.2) is 34.1 Å². The van der Waals surface area contributed by atoms with Crippen LogP contribution in [-0.2, 0) is 10.0 Å². The molecule has 0 amide bonds. The van der Waals surface area contributed by atoms with Crippen molar-refractivity contribution >= 4 is 22.7 Å². The lowest BCUT2D eigenvalue weighted by Crippen LogP contribution is -2.27. The first kappa shape index (κ1) is 14.5. The van der Waals surface area contributed by atoms with Gasteiger partial charge in [-0.2, -0.15) is 4.31 Å². The van der Waals surface area contributed by atoms with Crippen molar-refractivity contribution in [3.05, 3.63) is 24.3 Å². The Kier molecular flexibility index (Phi) is 5.49. The first-order chi connectivity index (χ1) is 8.10. The smallest absolute Gasteiger partial charge is 0.207 e. The lowest BCUT2D eigenvalue weighted by atomic mass is 10.4. The van der Waals surface area contributed by atoms with E-state index in [1.165, 1.54) is 0 Å². The summed E-state index contributed by atoms with van der Waals surface area (Å²) in [6, 6.07) is 6.62. The second-order valence-electron chi connectivity index (χ2n) is 3.61. The Labute approximate surface area is 109 Å². The Morgan fingerprint density at radius 3 is 2.00 bits per heavy atom. The number of hydrogen-bond acceptors (Lipinski definition) is 3. The molecule has 17 heavy (non-hydrogen) atoms. The molecule has 1 heterocycles. The lowest BCUT2D eigenvalue weighted by molar-refractivity contribution is 0.477. The summed E-state index contributed by atoms with van der Waals surface area (Å²) in [7, 11) is -3.26. The molecule has 0 radical (unpaired) electrons. The molecule has 2 rings (SSSR count). The normalized spacial score (nSPS) is 16.4. The van der Waals surface area contributed by atoms with Crippen molar-refractivity contribution in [2.24, 2.45) is 0 Å². The van der Waals surface area contributed by atoms with E-state index < -0.39 is 10.0 Å². The van der Waals surface area contributed by atoms with Crippen molar-refractivity contribution < 1.29 is 8.42 Å². The summed E-state index contributed by atoms with van der Waals surface area (Å²) in [4.78, 5) is 1.14. The number of hydrogen-bond donors (Lipinski definition) is 1. The molecule has 1 saturated heterocycles. The van der Waals surface area contributed by atoms with Gasteiger partial charge in [0.15, 0.2) is 0 Å². The molecule has 0 unspecified atom stereocenters. The first-order valence-corrected chi connectivity index (χ1v) is 7.78. The number of nitrogens with zero attached hydrogens (tertiary/aromatic N) is 1. The summed E-state index contributed by atoms with van der Waals surface area (Å²) in [5.41, 5.74) is 0. The quantitative estimate of drug-likeness (QED) is 0.841. The van der Waals surface area contributed by atoms with E-state index in [0.717, 1.165) is 17.7 Å². The average molecular weight is 273 g/mol. The highest BCUT2D eigenvalue weighted by atomic mass is 32.2.